The van der Waals surface area contributed by atoms with E-state index in [1.165, 1.54) is 0 Å². The number of nitrogens with zero attached hydrogens (tertiary/aromatic N) is 1. The molecule has 0 aliphatic carbocycles. The Bertz CT molecular complexity index is 377. The van der Waals surface area contributed by atoms with Crippen LogP contribution < -0.4 is 5.32 Å². The summed E-state index contributed by atoms with van der Waals surface area (Å²) in [5.74, 6) is 0. The molecule has 0 radical (unpaired) electrons. The van der Waals surface area contributed by atoms with E-state index in [1.807, 2.05) is 24.3 Å². The maximum absolute atomic E-state index is 4.94. The minimum atomic E-state index is 0.281. The van der Waals surface area contributed by atoms with Crippen molar-refractivity contribution in [1.29, 1.82) is 0 Å². The van der Waals surface area contributed by atoms with E-state index in [0.717, 1.165) is 17.8 Å². The monoisotopic (exact) mass is 268 g/mol. The number of methoxy groups -OCH3 is 1. The van der Waals surface area contributed by atoms with E-state index >= 15 is 0 Å². The van der Waals surface area contributed by atoms with Crippen molar-refractivity contribution in [1.82, 2.24) is 0 Å². The van der Waals surface area contributed by atoms with Gasteiger partial charge in [0.05, 0.1) is 17.5 Å². The quantitative estimate of drug-likeness (QED) is 0.186. The van der Waals surface area contributed by atoms with Crippen molar-refractivity contribution in [3.8, 4) is 0 Å². The summed E-state index contributed by atoms with van der Waals surface area (Å²) >= 11 is 4.52. The van der Waals surface area contributed by atoms with Gasteiger partial charge in [0.2, 0.25) is 0 Å². The molecule has 1 rings (SSSR count). The van der Waals surface area contributed by atoms with Gasteiger partial charge in [-0.3, -0.25) is 0 Å². The van der Waals surface area contributed by atoms with Crippen molar-refractivity contribution in [3.63, 3.8) is 0 Å². The van der Waals surface area contributed by atoms with Crippen LogP contribution in [0.1, 0.15) is 6.42 Å². The predicted molar refractivity (Wildman–Crippen MR) is 73.1 cm³/mol. The average Bonchev–Trinajstić information content (AvgIpc) is 2.40. The van der Waals surface area contributed by atoms with E-state index in [-0.39, 0.29) is 6.73 Å². The lowest BCUT2D eigenvalue weighted by Crippen LogP contribution is -2.08. The molecule has 0 aliphatic rings. The highest BCUT2D eigenvalue weighted by atomic mass is 32.1. The third kappa shape index (κ3) is 6.44. The SMILES string of the molecule is COCCCOOCNc1ccc(N=C=S)cc1. The second-order valence-electron chi connectivity index (χ2n) is 3.36. The van der Waals surface area contributed by atoms with Gasteiger partial charge in [0.1, 0.15) is 0 Å². The van der Waals surface area contributed by atoms with E-state index in [2.05, 4.69) is 27.7 Å². The number of rotatable bonds is 9. The average molecular weight is 268 g/mol. The second-order valence-corrected chi connectivity index (χ2v) is 3.54. The van der Waals surface area contributed by atoms with E-state index < -0.39 is 0 Å². The number of isothiocyanates is 1. The van der Waals surface area contributed by atoms with Crippen LogP contribution in [0, 0.1) is 0 Å². The molecule has 18 heavy (non-hydrogen) atoms. The third-order valence-corrected chi connectivity index (χ3v) is 2.13. The molecule has 98 valence electrons. The van der Waals surface area contributed by atoms with Gasteiger partial charge in [0.25, 0.3) is 0 Å². The maximum Gasteiger partial charge on any atom is 0.151 e. The molecule has 1 aromatic rings. The number of aliphatic imine (C=N–C) groups is 1. The summed E-state index contributed by atoms with van der Waals surface area (Å²) in [4.78, 5) is 13.7. The molecule has 1 N–H and O–H groups in total. The molecular formula is C12H16N2O3S. The Morgan fingerprint density at radius 3 is 2.67 bits per heavy atom. The molecule has 0 aromatic heterocycles. The van der Waals surface area contributed by atoms with Crippen LogP contribution in [0.15, 0.2) is 29.3 Å². The van der Waals surface area contributed by atoms with Crippen LogP contribution in [-0.2, 0) is 14.5 Å². The first-order valence-corrected chi connectivity index (χ1v) is 5.93. The Hall–Kier alpha value is -1.30. The molecule has 6 heteroatoms. The molecule has 0 saturated carbocycles. The van der Waals surface area contributed by atoms with Crippen molar-refractivity contribution in [2.45, 2.75) is 6.42 Å². The fraction of sp³-hybridized carbons (Fsp3) is 0.417. The Morgan fingerprint density at radius 1 is 1.22 bits per heavy atom. The van der Waals surface area contributed by atoms with Gasteiger partial charge in [-0.2, -0.15) is 4.99 Å². The Morgan fingerprint density at radius 2 is 2.00 bits per heavy atom. The zero-order valence-electron chi connectivity index (χ0n) is 10.2. The van der Waals surface area contributed by atoms with Crippen molar-refractivity contribution >= 4 is 28.8 Å². The van der Waals surface area contributed by atoms with Crippen molar-refractivity contribution in [2.75, 3.05) is 32.4 Å². The summed E-state index contributed by atoms with van der Waals surface area (Å²) < 4.78 is 4.88. The molecule has 0 aliphatic heterocycles. The smallest absolute Gasteiger partial charge is 0.151 e. The van der Waals surface area contributed by atoms with Crippen molar-refractivity contribution < 1.29 is 14.5 Å². The van der Waals surface area contributed by atoms with Crippen LogP contribution in [0.2, 0.25) is 0 Å². The molecule has 0 atom stereocenters. The van der Waals surface area contributed by atoms with Gasteiger partial charge in [-0.05, 0) is 42.9 Å². The molecule has 0 bridgehead atoms. The zero-order chi connectivity index (χ0) is 13.1. The van der Waals surface area contributed by atoms with Crippen molar-refractivity contribution in [2.24, 2.45) is 4.99 Å². The molecule has 0 heterocycles. The topological polar surface area (TPSA) is 52.1 Å². The van der Waals surface area contributed by atoms with Crippen LogP contribution in [-0.4, -0.2) is 32.2 Å². The number of nitrogens with one attached hydrogen (secondary N) is 1. The highest BCUT2D eigenvalue weighted by molar-refractivity contribution is 7.78. The molecule has 1 aromatic carbocycles. The molecule has 5 nitrogen and oxygen atoms in total. The fourth-order valence-corrected chi connectivity index (χ4v) is 1.29. The Labute approximate surface area is 112 Å². The van der Waals surface area contributed by atoms with Gasteiger partial charge in [-0.1, -0.05) is 0 Å². The predicted octanol–water partition coefficient (Wildman–Crippen LogP) is 2.78. The summed E-state index contributed by atoms with van der Waals surface area (Å²) in [5, 5.41) is 5.35. The maximum atomic E-state index is 4.94. The number of hydrogen-bond donors (Lipinski definition) is 1. The first-order chi connectivity index (χ1) is 8.86. The minimum Gasteiger partial charge on any atom is -0.385 e. The Balaban J connectivity index is 2.13. The summed E-state index contributed by atoms with van der Waals surface area (Å²) in [6.45, 7) is 1.46. The molecule has 0 spiro atoms. The minimum absolute atomic E-state index is 0.281. The summed E-state index contributed by atoms with van der Waals surface area (Å²) in [6, 6.07) is 7.42. The Kier molecular flexibility index (Phi) is 7.96. The largest absolute Gasteiger partial charge is 0.385 e. The molecule has 0 saturated heterocycles. The molecule has 0 amide bonds. The highest BCUT2D eigenvalue weighted by Gasteiger charge is 1.93. The van der Waals surface area contributed by atoms with Gasteiger partial charge in [-0.25, -0.2) is 9.78 Å². The van der Waals surface area contributed by atoms with Crippen LogP contribution in [0.25, 0.3) is 0 Å². The summed E-state index contributed by atoms with van der Waals surface area (Å²) in [5.41, 5.74) is 1.69. The highest BCUT2D eigenvalue weighted by Crippen LogP contribution is 2.15. The molecule has 0 unspecified atom stereocenters. The summed E-state index contributed by atoms with van der Waals surface area (Å²) in [7, 11) is 1.65. The van der Waals surface area contributed by atoms with E-state index in [0.29, 0.717) is 13.2 Å². The van der Waals surface area contributed by atoms with Gasteiger partial charge < -0.3 is 10.1 Å². The van der Waals surface area contributed by atoms with Crippen LogP contribution in [0.5, 0.6) is 0 Å². The summed E-state index contributed by atoms with van der Waals surface area (Å²) in [6.07, 6.45) is 0.806. The van der Waals surface area contributed by atoms with Gasteiger partial charge in [0, 0.05) is 19.4 Å². The fourth-order valence-electron chi connectivity index (χ4n) is 1.18. The van der Waals surface area contributed by atoms with Gasteiger partial charge in [0.15, 0.2) is 6.73 Å². The lowest BCUT2D eigenvalue weighted by molar-refractivity contribution is -0.290. The lowest BCUT2D eigenvalue weighted by atomic mass is 10.3. The first-order valence-electron chi connectivity index (χ1n) is 5.52. The zero-order valence-corrected chi connectivity index (χ0v) is 11.0. The standard InChI is InChI=1S/C12H16N2O3S/c1-15-7-2-8-16-17-9-13-11-3-5-12(6-4-11)14-10-18/h3-6,13H,2,7-9H2,1H3. The number of benzene rings is 1. The third-order valence-electron chi connectivity index (χ3n) is 2.04. The number of anilines is 1. The van der Waals surface area contributed by atoms with E-state index in [4.69, 9.17) is 14.5 Å². The normalized spacial score (nSPS) is 9.83. The van der Waals surface area contributed by atoms with Crippen LogP contribution >= 0.6 is 12.2 Å². The van der Waals surface area contributed by atoms with Gasteiger partial charge in [-0.15, -0.1) is 0 Å². The van der Waals surface area contributed by atoms with Crippen molar-refractivity contribution in [3.05, 3.63) is 24.3 Å². The first kappa shape index (κ1) is 14.8. The number of hydrogen-bond acceptors (Lipinski definition) is 6. The van der Waals surface area contributed by atoms with E-state index in [9.17, 15) is 0 Å². The lowest BCUT2D eigenvalue weighted by Gasteiger charge is -2.07. The molecule has 0 fully saturated rings. The van der Waals surface area contributed by atoms with Crippen LogP contribution in [0.4, 0.5) is 11.4 Å². The number of ether oxygens (including phenoxy) is 1. The van der Waals surface area contributed by atoms with E-state index in [1.54, 1.807) is 7.11 Å². The van der Waals surface area contributed by atoms with Gasteiger partial charge >= 0.3 is 0 Å². The number of thiocarbonyl (C=S) groups is 1. The van der Waals surface area contributed by atoms with Crippen LogP contribution in [0.3, 0.4) is 0 Å². The molecular weight excluding hydrogens is 252 g/mol. The second kappa shape index (κ2) is 9.70.